The largest absolute Gasteiger partial charge is 0.479 e. The van der Waals surface area contributed by atoms with Gasteiger partial charge in [-0.3, -0.25) is 4.79 Å². The molecule has 1 aliphatic rings. The van der Waals surface area contributed by atoms with E-state index in [1.54, 1.807) is 11.8 Å². The van der Waals surface area contributed by atoms with Crippen LogP contribution in [0, 0.1) is 0 Å². The predicted octanol–water partition coefficient (Wildman–Crippen LogP) is 1.06. The van der Waals surface area contributed by atoms with Crippen molar-refractivity contribution >= 4 is 17.3 Å². The van der Waals surface area contributed by atoms with Crippen molar-refractivity contribution in [2.45, 2.75) is 13.0 Å². The lowest BCUT2D eigenvalue weighted by molar-refractivity contribution is -0.125. The Morgan fingerprint density at radius 3 is 2.83 bits per heavy atom. The van der Waals surface area contributed by atoms with Gasteiger partial charge < -0.3 is 20.3 Å². The first-order chi connectivity index (χ1) is 8.67. The van der Waals surface area contributed by atoms with Gasteiger partial charge in [-0.1, -0.05) is 0 Å². The normalized spacial score (nSPS) is 18.3. The number of nitrogens with zero attached hydrogens (tertiary/aromatic N) is 1. The molecule has 2 rings (SSSR count). The molecular formula is C13H19N3O2. The lowest BCUT2D eigenvalue weighted by atomic mass is 10.1. The Morgan fingerprint density at radius 1 is 1.39 bits per heavy atom. The third-order valence-corrected chi connectivity index (χ3v) is 3.04. The van der Waals surface area contributed by atoms with Crippen molar-refractivity contribution in [2.24, 2.45) is 0 Å². The molecule has 5 nitrogen and oxygen atoms in total. The molecule has 1 aromatic carbocycles. The molecule has 1 aromatic rings. The van der Waals surface area contributed by atoms with Crippen LogP contribution in [0.4, 0.5) is 11.4 Å². The molecule has 5 heteroatoms. The van der Waals surface area contributed by atoms with Crippen molar-refractivity contribution in [3.8, 4) is 5.75 Å². The average Bonchev–Trinajstić information content (AvgIpc) is 2.39. The number of amides is 1. The maximum Gasteiger partial charge on any atom is 0.267 e. The Hall–Kier alpha value is -1.75. The Balaban J connectivity index is 2.36. The van der Waals surface area contributed by atoms with Gasteiger partial charge in [0.15, 0.2) is 6.10 Å². The summed E-state index contributed by atoms with van der Waals surface area (Å²) in [4.78, 5) is 13.9. The second kappa shape index (κ2) is 5.27. The van der Waals surface area contributed by atoms with Crippen LogP contribution in [0.3, 0.4) is 0 Å². The summed E-state index contributed by atoms with van der Waals surface area (Å²) in [5, 5.41) is 6.13. The van der Waals surface area contributed by atoms with Gasteiger partial charge in [0.05, 0.1) is 5.69 Å². The Bertz CT molecular complexity index is 448. The van der Waals surface area contributed by atoms with E-state index in [2.05, 4.69) is 10.6 Å². The van der Waals surface area contributed by atoms with E-state index in [9.17, 15) is 4.79 Å². The summed E-state index contributed by atoms with van der Waals surface area (Å²) < 4.78 is 5.61. The van der Waals surface area contributed by atoms with Crippen LogP contribution in [-0.4, -0.2) is 39.2 Å². The van der Waals surface area contributed by atoms with E-state index >= 15 is 0 Å². The zero-order chi connectivity index (χ0) is 13.1. The van der Waals surface area contributed by atoms with Gasteiger partial charge >= 0.3 is 0 Å². The number of nitrogens with one attached hydrogen (secondary N) is 2. The number of rotatable bonds is 4. The summed E-state index contributed by atoms with van der Waals surface area (Å²) in [6, 6.07) is 5.78. The van der Waals surface area contributed by atoms with Gasteiger partial charge in [0, 0.05) is 25.8 Å². The third kappa shape index (κ3) is 2.26. The summed E-state index contributed by atoms with van der Waals surface area (Å²) in [5.41, 5.74) is 1.80. The van der Waals surface area contributed by atoms with Crippen LogP contribution < -0.4 is 20.3 Å². The minimum Gasteiger partial charge on any atom is -0.479 e. The first-order valence-corrected chi connectivity index (χ1v) is 6.12. The molecule has 1 aliphatic heterocycles. The summed E-state index contributed by atoms with van der Waals surface area (Å²) in [5.74, 6) is 0.767. The van der Waals surface area contributed by atoms with Gasteiger partial charge in [0.1, 0.15) is 5.75 Å². The summed E-state index contributed by atoms with van der Waals surface area (Å²) in [6.45, 7) is 3.18. The lowest BCUT2D eigenvalue weighted by Gasteiger charge is -2.33. The van der Waals surface area contributed by atoms with Crippen LogP contribution in [0.1, 0.15) is 6.92 Å². The summed E-state index contributed by atoms with van der Waals surface area (Å²) >= 11 is 0. The number of anilines is 2. The molecule has 0 aromatic heterocycles. The smallest absolute Gasteiger partial charge is 0.267 e. The maximum absolute atomic E-state index is 12.1. The molecule has 0 spiro atoms. The van der Waals surface area contributed by atoms with Crippen molar-refractivity contribution in [1.82, 2.24) is 5.32 Å². The van der Waals surface area contributed by atoms with Crippen molar-refractivity contribution in [3.05, 3.63) is 18.2 Å². The molecule has 0 aliphatic carbocycles. The van der Waals surface area contributed by atoms with Crippen molar-refractivity contribution in [1.29, 1.82) is 0 Å². The number of fused-ring (bicyclic) bond motifs is 1. The number of benzene rings is 1. The second-order valence-electron chi connectivity index (χ2n) is 4.29. The molecule has 1 heterocycles. The third-order valence-electron chi connectivity index (χ3n) is 3.04. The van der Waals surface area contributed by atoms with E-state index in [1.165, 1.54) is 0 Å². The van der Waals surface area contributed by atoms with Gasteiger partial charge in [0.2, 0.25) is 0 Å². The number of hydrogen-bond acceptors (Lipinski definition) is 4. The highest BCUT2D eigenvalue weighted by Gasteiger charge is 2.31. The van der Waals surface area contributed by atoms with Gasteiger partial charge in [-0.05, 0) is 32.2 Å². The highest BCUT2D eigenvalue weighted by atomic mass is 16.5. The van der Waals surface area contributed by atoms with E-state index in [0.29, 0.717) is 6.54 Å². The summed E-state index contributed by atoms with van der Waals surface area (Å²) in [6.07, 6.45) is -0.421. The van der Waals surface area contributed by atoms with E-state index < -0.39 is 6.10 Å². The molecule has 18 heavy (non-hydrogen) atoms. The molecule has 0 saturated heterocycles. The van der Waals surface area contributed by atoms with Crippen LogP contribution >= 0.6 is 0 Å². The van der Waals surface area contributed by atoms with Gasteiger partial charge in [-0.2, -0.15) is 0 Å². The fourth-order valence-electron chi connectivity index (χ4n) is 2.02. The van der Waals surface area contributed by atoms with Gasteiger partial charge in [0.25, 0.3) is 5.91 Å². The van der Waals surface area contributed by atoms with E-state index in [4.69, 9.17) is 4.74 Å². The van der Waals surface area contributed by atoms with E-state index in [-0.39, 0.29) is 5.91 Å². The zero-order valence-corrected chi connectivity index (χ0v) is 11.0. The number of ether oxygens (including phenoxy) is 1. The average molecular weight is 249 g/mol. The minimum atomic E-state index is -0.421. The van der Waals surface area contributed by atoms with Gasteiger partial charge in [-0.15, -0.1) is 0 Å². The Labute approximate surface area is 107 Å². The molecule has 0 fully saturated rings. The fraction of sp³-hybridized carbons (Fsp3) is 0.462. The summed E-state index contributed by atoms with van der Waals surface area (Å²) in [7, 11) is 3.73. The van der Waals surface area contributed by atoms with Crippen LogP contribution in [-0.2, 0) is 4.79 Å². The molecule has 0 radical (unpaired) electrons. The van der Waals surface area contributed by atoms with Crippen LogP contribution in [0.2, 0.25) is 0 Å². The van der Waals surface area contributed by atoms with Crippen LogP contribution in [0.25, 0.3) is 0 Å². The number of carbonyl (C=O) groups excluding carboxylic acids is 1. The monoisotopic (exact) mass is 249 g/mol. The topological polar surface area (TPSA) is 53.6 Å². The molecular weight excluding hydrogens is 230 g/mol. The zero-order valence-electron chi connectivity index (χ0n) is 11.0. The molecule has 1 unspecified atom stereocenters. The SMILES string of the molecule is CNCCN1C(=O)C(C)Oc2ccc(NC)cc21. The quantitative estimate of drug-likeness (QED) is 0.838. The molecule has 1 amide bonds. The lowest BCUT2D eigenvalue weighted by Crippen LogP contribution is -2.46. The standard InChI is InChI=1S/C13H19N3O2/c1-9-13(17)16(7-6-14-2)11-8-10(15-3)4-5-12(11)18-9/h4-5,8-9,14-15H,6-7H2,1-3H3. The second-order valence-corrected chi connectivity index (χ2v) is 4.29. The minimum absolute atomic E-state index is 0.00556. The highest BCUT2D eigenvalue weighted by Crippen LogP contribution is 2.35. The van der Waals surface area contributed by atoms with Crippen molar-refractivity contribution < 1.29 is 9.53 Å². The number of hydrogen-bond donors (Lipinski definition) is 2. The molecule has 2 N–H and O–H groups in total. The van der Waals surface area contributed by atoms with Gasteiger partial charge in [-0.25, -0.2) is 0 Å². The van der Waals surface area contributed by atoms with E-state index in [1.807, 2.05) is 32.3 Å². The maximum atomic E-state index is 12.1. The first kappa shape index (κ1) is 12.7. The van der Waals surface area contributed by atoms with Crippen LogP contribution in [0.5, 0.6) is 5.75 Å². The molecule has 98 valence electrons. The van der Waals surface area contributed by atoms with Crippen LogP contribution in [0.15, 0.2) is 18.2 Å². The first-order valence-electron chi connectivity index (χ1n) is 6.12. The fourth-order valence-corrected chi connectivity index (χ4v) is 2.02. The van der Waals surface area contributed by atoms with Crippen molar-refractivity contribution in [2.75, 3.05) is 37.4 Å². The molecule has 0 saturated carbocycles. The number of carbonyl (C=O) groups is 1. The van der Waals surface area contributed by atoms with Crippen molar-refractivity contribution in [3.63, 3.8) is 0 Å². The predicted molar refractivity (Wildman–Crippen MR) is 72.4 cm³/mol. The molecule has 0 bridgehead atoms. The van der Waals surface area contributed by atoms with E-state index in [0.717, 1.165) is 23.7 Å². The highest BCUT2D eigenvalue weighted by molar-refractivity contribution is 6.00. The number of likely N-dealkylation sites (N-methyl/N-ethyl adjacent to an activating group) is 1. The Morgan fingerprint density at radius 2 is 2.17 bits per heavy atom. The Kier molecular flexibility index (Phi) is 3.72. The molecule has 1 atom stereocenters.